The van der Waals surface area contributed by atoms with E-state index < -0.39 is 0 Å². The van der Waals surface area contributed by atoms with E-state index in [4.69, 9.17) is 4.74 Å². The van der Waals surface area contributed by atoms with Crippen molar-refractivity contribution in [3.05, 3.63) is 65.4 Å². The van der Waals surface area contributed by atoms with Crippen molar-refractivity contribution in [1.82, 2.24) is 20.5 Å². The van der Waals surface area contributed by atoms with Crippen molar-refractivity contribution < 1.29 is 4.74 Å². The van der Waals surface area contributed by atoms with Gasteiger partial charge in [0.2, 0.25) is 0 Å². The number of guanidine groups is 1. The number of benzene rings is 2. The number of aromatic amines is 1. The molecular formula is C25H35N5O. The van der Waals surface area contributed by atoms with Crippen LogP contribution in [0.2, 0.25) is 0 Å². The van der Waals surface area contributed by atoms with Gasteiger partial charge >= 0.3 is 0 Å². The first-order chi connectivity index (χ1) is 15.0. The molecule has 0 aliphatic heterocycles. The maximum absolute atomic E-state index is 5.80. The molecule has 3 aromatic rings. The highest BCUT2D eigenvalue weighted by Gasteiger charge is 2.05. The molecule has 6 nitrogen and oxygen atoms in total. The zero-order valence-corrected chi connectivity index (χ0v) is 19.2. The summed E-state index contributed by atoms with van der Waals surface area (Å²) in [7, 11) is 5.95. The number of ether oxygens (including phenoxy) is 1. The smallest absolute Gasteiger partial charge is 0.191 e. The minimum atomic E-state index is 0.715. The van der Waals surface area contributed by atoms with Crippen LogP contribution in [0.25, 0.3) is 10.9 Å². The monoisotopic (exact) mass is 421 g/mol. The summed E-state index contributed by atoms with van der Waals surface area (Å²) in [4.78, 5) is 9.87. The number of fused-ring (bicyclic) bond motifs is 1. The van der Waals surface area contributed by atoms with E-state index in [9.17, 15) is 0 Å². The van der Waals surface area contributed by atoms with Gasteiger partial charge in [-0.3, -0.25) is 4.99 Å². The molecule has 0 bridgehead atoms. The second-order valence-corrected chi connectivity index (χ2v) is 8.11. The molecule has 1 aromatic heterocycles. The number of rotatable bonds is 10. The number of aryl methyl sites for hydroxylation is 1. The highest BCUT2D eigenvalue weighted by Crippen LogP contribution is 2.19. The molecular weight excluding hydrogens is 386 g/mol. The molecule has 0 atom stereocenters. The molecule has 3 rings (SSSR count). The van der Waals surface area contributed by atoms with Crippen molar-refractivity contribution in [2.75, 3.05) is 40.8 Å². The minimum Gasteiger partial charge on any atom is -0.494 e. The molecule has 0 saturated heterocycles. The molecule has 31 heavy (non-hydrogen) atoms. The third-order valence-corrected chi connectivity index (χ3v) is 5.24. The van der Waals surface area contributed by atoms with E-state index in [1.54, 1.807) is 7.05 Å². The first-order valence-corrected chi connectivity index (χ1v) is 10.9. The molecule has 0 amide bonds. The van der Waals surface area contributed by atoms with Crippen molar-refractivity contribution in [2.45, 2.75) is 26.3 Å². The number of aromatic nitrogens is 1. The van der Waals surface area contributed by atoms with Crippen LogP contribution in [0.4, 0.5) is 0 Å². The van der Waals surface area contributed by atoms with E-state index >= 15 is 0 Å². The Morgan fingerprint density at radius 2 is 1.90 bits per heavy atom. The standard InChI is InChI=1S/C25H35N5O/c1-19-6-11-23-21(18-28-24(23)16-19)12-13-27-25(26-2)29-17-20-7-9-22(10-8-20)31-15-5-14-30(3)4/h6-11,16,18,28H,5,12-15,17H2,1-4H3,(H2,26,27,29). The quantitative estimate of drug-likeness (QED) is 0.265. The van der Waals surface area contributed by atoms with Gasteiger partial charge in [0.25, 0.3) is 0 Å². The molecule has 0 unspecified atom stereocenters. The van der Waals surface area contributed by atoms with Crippen LogP contribution in [0.1, 0.15) is 23.1 Å². The maximum atomic E-state index is 5.80. The fourth-order valence-corrected chi connectivity index (χ4v) is 3.50. The predicted octanol–water partition coefficient (Wildman–Crippen LogP) is 3.71. The topological polar surface area (TPSA) is 64.7 Å². The maximum Gasteiger partial charge on any atom is 0.191 e. The number of nitrogens with zero attached hydrogens (tertiary/aromatic N) is 2. The normalized spacial score (nSPS) is 11.8. The second-order valence-electron chi connectivity index (χ2n) is 8.11. The molecule has 2 aromatic carbocycles. The molecule has 0 radical (unpaired) electrons. The summed E-state index contributed by atoms with van der Waals surface area (Å²) >= 11 is 0. The predicted molar refractivity (Wildman–Crippen MR) is 130 cm³/mol. The molecule has 0 fully saturated rings. The Morgan fingerprint density at radius 3 is 2.65 bits per heavy atom. The van der Waals surface area contributed by atoms with E-state index in [1.807, 2.05) is 12.1 Å². The molecule has 166 valence electrons. The summed E-state index contributed by atoms with van der Waals surface area (Å²) in [6.45, 7) is 5.42. The van der Waals surface area contributed by atoms with Crippen LogP contribution in [-0.2, 0) is 13.0 Å². The zero-order chi connectivity index (χ0) is 22.1. The Morgan fingerprint density at radius 1 is 1.10 bits per heavy atom. The van der Waals surface area contributed by atoms with Crippen molar-refractivity contribution in [3.63, 3.8) is 0 Å². The van der Waals surface area contributed by atoms with Gasteiger partial charge in [-0.05, 0) is 68.8 Å². The minimum absolute atomic E-state index is 0.715. The van der Waals surface area contributed by atoms with E-state index in [2.05, 4.69) is 83.1 Å². The lowest BCUT2D eigenvalue weighted by Gasteiger charge is -2.13. The van der Waals surface area contributed by atoms with Gasteiger partial charge in [-0.15, -0.1) is 0 Å². The van der Waals surface area contributed by atoms with Gasteiger partial charge in [0, 0.05) is 43.8 Å². The average molecular weight is 422 g/mol. The number of aliphatic imine (C=N–C) groups is 1. The summed E-state index contributed by atoms with van der Waals surface area (Å²) in [5, 5.41) is 8.08. The number of nitrogens with one attached hydrogen (secondary N) is 3. The van der Waals surface area contributed by atoms with Crippen molar-refractivity contribution in [1.29, 1.82) is 0 Å². The summed E-state index contributed by atoms with van der Waals surface area (Å²) in [5.41, 5.74) is 4.98. The van der Waals surface area contributed by atoms with Gasteiger partial charge in [0.15, 0.2) is 5.96 Å². The molecule has 0 aliphatic rings. The van der Waals surface area contributed by atoms with E-state index in [0.29, 0.717) is 6.54 Å². The summed E-state index contributed by atoms with van der Waals surface area (Å²) < 4.78 is 5.80. The van der Waals surface area contributed by atoms with E-state index in [-0.39, 0.29) is 0 Å². The second kappa shape index (κ2) is 11.4. The number of hydrogen-bond donors (Lipinski definition) is 3. The average Bonchev–Trinajstić information content (AvgIpc) is 3.16. The lowest BCUT2D eigenvalue weighted by atomic mass is 10.1. The van der Waals surface area contributed by atoms with Crippen LogP contribution in [0.15, 0.2) is 53.7 Å². The molecule has 0 saturated carbocycles. The summed E-state index contributed by atoms with van der Waals surface area (Å²) in [6, 6.07) is 14.8. The highest BCUT2D eigenvalue weighted by molar-refractivity contribution is 5.84. The van der Waals surface area contributed by atoms with Gasteiger partial charge in [-0.2, -0.15) is 0 Å². The van der Waals surface area contributed by atoms with Crippen LogP contribution < -0.4 is 15.4 Å². The molecule has 0 aliphatic carbocycles. The fourth-order valence-electron chi connectivity index (χ4n) is 3.50. The summed E-state index contributed by atoms with van der Waals surface area (Å²) in [6.07, 6.45) is 4.06. The SMILES string of the molecule is CN=C(NCCc1c[nH]c2cc(C)ccc12)NCc1ccc(OCCCN(C)C)cc1. The van der Waals surface area contributed by atoms with Crippen molar-refractivity contribution >= 4 is 16.9 Å². The van der Waals surface area contributed by atoms with Gasteiger partial charge in [-0.25, -0.2) is 0 Å². The van der Waals surface area contributed by atoms with Crippen LogP contribution in [0.5, 0.6) is 5.75 Å². The van der Waals surface area contributed by atoms with Crippen LogP contribution in [0.3, 0.4) is 0 Å². The largest absolute Gasteiger partial charge is 0.494 e. The fraction of sp³-hybridized carbons (Fsp3) is 0.400. The molecule has 6 heteroatoms. The number of hydrogen-bond acceptors (Lipinski definition) is 3. The third kappa shape index (κ3) is 7.03. The Hall–Kier alpha value is -2.99. The Balaban J connectivity index is 1.40. The van der Waals surface area contributed by atoms with Crippen LogP contribution in [0, 0.1) is 6.92 Å². The van der Waals surface area contributed by atoms with Gasteiger partial charge < -0.3 is 25.3 Å². The Bertz CT molecular complexity index is 975. The van der Waals surface area contributed by atoms with Gasteiger partial charge in [0.05, 0.1) is 6.61 Å². The van der Waals surface area contributed by atoms with Crippen molar-refractivity contribution in [3.8, 4) is 5.75 Å². The van der Waals surface area contributed by atoms with E-state index in [0.717, 1.165) is 44.2 Å². The van der Waals surface area contributed by atoms with Crippen molar-refractivity contribution in [2.24, 2.45) is 4.99 Å². The Labute approximate surface area is 185 Å². The first kappa shape index (κ1) is 22.7. The zero-order valence-electron chi connectivity index (χ0n) is 19.2. The van der Waals surface area contributed by atoms with Gasteiger partial charge in [-0.1, -0.05) is 24.3 Å². The molecule has 0 spiro atoms. The highest BCUT2D eigenvalue weighted by atomic mass is 16.5. The Kier molecular flexibility index (Phi) is 8.35. The molecule has 3 N–H and O–H groups in total. The van der Waals surface area contributed by atoms with Crippen LogP contribution >= 0.6 is 0 Å². The number of H-pyrrole nitrogens is 1. The summed E-state index contributed by atoms with van der Waals surface area (Å²) in [5.74, 6) is 1.72. The van der Waals surface area contributed by atoms with Gasteiger partial charge in [0.1, 0.15) is 5.75 Å². The van der Waals surface area contributed by atoms with E-state index in [1.165, 1.54) is 27.6 Å². The first-order valence-electron chi connectivity index (χ1n) is 10.9. The van der Waals surface area contributed by atoms with Crippen LogP contribution in [-0.4, -0.2) is 56.7 Å². The third-order valence-electron chi connectivity index (χ3n) is 5.24. The molecule has 1 heterocycles. The lowest BCUT2D eigenvalue weighted by molar-refractivity contribution is 0.281. The lowest BCUT2D eigenvalue weighted by Crippen LogP contribution is -2.37.